The van der Waals surface area contributed by atoms with Crippen LogP contribution in [0.25, 0.3) is 0 Å². The Hall–Kier alpha value is -2.75. The summed E-state index contributed by atoms with van der Waals surface area (Å²) in [7, 11) is 1.71. The predicted molar refractivity (Wildman–Crippen MR) is 155 cm³/mol. The first kappa shape index (κ1) is 29.7. The third kappa shape index (κ3) is 6.84. The van der Waals surface area contributed by atoms with Gasteiger partial charge in [-0.15, -0.1) is 0 Å². The number of aryl methyl sites for hydroxylation is 2. The first-order valence-corrected chi connectivity index (χ1v) is 15.0. The number of alkyl halides is 1. The molecule has 1 aromatic heterocycles. The van der Waals surface area contributed by atoms with E-state index in [0.717, 1.165) is 84.6 Å². The summed E-state index contributed by atoms with van der Waals surface area (Å²) in [6.07, 6.45) is 5.33. The highest BCUT2D eigenvalue weighted by atomic mass is 19.1. The van der Waals surface area contributed by atoms with Crippen molar-refractivity contribution >= 4 is 11.8 Å². The molecule has 2 aromatic rings. The fraction of sp³-hybridized carbons (Fsp3) is 0.625. The number of halogens is 1. The first-order chi connectivity index (χ1) is 19.6. The average molecular weight is 570 g/mol. The molecule has 0 aliphatic carbocycles. The summed E-state index contributed by atoms with van der Waals surface area (Å²) in [4.78, 5) is 19.4. The van der Waals surface area contributed by atoms with Crippen LogP contribution in [0.5, 0.6) is 5.75 Å². The molecule has 1 saturated heterocycles. The molecule has 1 unspecified atom stereocenters. The Morgan fingerprint density at radius 1 is 1.29 bits per heavy atom. The number of benzene rings is 1. The average Bonchev–Trinajstić information content (AvgIpc) is 3.39. The number of rotatable bonds is 11. The lowest BCUT2D eigenvalue weighted by molar-refractivity contribution is -0.143. The van der Waals surface area contributed by atoms with Crippen LogP contribution in [0.1, 0.15) is 79.1 Å². The number of carbonyl (C=O) groups is 1. The van der Waals surface area contributed by atoms with E-state index >= 15 is 0 Å². The lowest BCUT2D eigenvalue weighted by Crippen LogP contribution is -2.40. The molecule has 0 saturated carbocycles. The minimum Gasteiger partial charge on any atom is -0.496 e. The Bertz CT molecular complexity index is 1230. The van der Waals surface area contributed by atoms with Crippen molar-refractivity contribution in [3.05, 3.63) is 51.7 Å². The Kier molecular flexibility index (Phi) is 9.16. The minimum absolute atomic E-state index is 0.00972. The minimum atomic E-state index is -1.51. The van der Waals surface area contributed by atoms with Gasteiger partial charge in [-0.3, -0.25) is 9.69 Å². The number of likely N-dealkylation sites (tertiary alicyclic amines) is 1. The van der Waals surface area contributed by atoms with Crippen LogP contribution in [0.15, 0.2) is 18.2 Å². The maximum atomic E-state index is 14.8. The van der Waals surface area contributed by atoms with E-state index < -0.39 is 23.8 Å². The molecule has 1 fully saturated rings. The topological polar surface area (TPSA) is 93.2 Å². The molecular weight excluding hydrogens is 525 g/mol. The second-order valence-corrected chi connectivity index (χ2v) is 12.2. The second-order valence-electron chi connectivity index (χ2n) is 12.2. The second kappa shape index (κ2) is 12.6. The van der Waals surface area contributed by atoms with Gasteiger partial charge in [-0.25, -0.2) is 9.37 Å². The van der Waals surface area contributed by atoms with Crippen molar-refractivity contribution in [2.45, 2.75) is 96.2 Å². The summed E-state index contributed by atoms with van der Waals surface area (Å²) in [5, 5.41) is 13.7. The van der Waals surface area contributed by atoms with Crippen molar-refractivity contribution in [1.82, 2.24) is 9.88 Å². The number of anilines is 1. The van der Waals surface area contributed by atoms with E-state index in [-0.39, 0.29) is 6.10 Å². The zero-order valence-corrected chi connectivity index (χ0v) is 24.8. The number of hydrogen-bond donors (Lipinski definition) is 2. The van der Waals surface area contributed by atoms with Crippen molar-refractivity contribution in [2.75, 3.05) is 38.7 Å². The van der Waals surface area contributed by atoms with Crippen LogP contribution in [0.4, 0.5) is 10.2 Å². The van der Waals surface area contributed by atoms with E-state index in [0.29, 0.717) is 32.7 Å². The van der Waals surface area contributed by atoms with Crippen molar-refractivity contribution in [1.29, 1.82) is 0 Å². The molecule has 0 amide bonds. The van der Waals surface area contributed by atoms with Gasteiger partial charge >= 0.3 is 5.97 Å². The third-order valence-corrected chi connectivity index (χ3v) is 8.62. The van der Waals surface area contributed by atoms with Gasteiger partial charge in [-0.1, -0.05) is 17.7 Å². The number of aliphatic carboxylic acids is 1. The fourth-order valence-corrected chi connectivity index (χ4v) is 6.46. The molecule has 0 radical (unpaired) electrons. The molecule has 4 heterocycles. The van der Waals surface area contributed by atoms with Crippen LogP contribution < -0.4 is 10.1 Å². The SMILES string of the molecule is COc1cc(CCCCO[C@@H]2CCN([C@H](C(=O)O)c3cc(C)cc4c3CC(C(C)(C)F)OC4)C2)nc2c1CCCN2. The highest BCUT2D eigenvalue weighted by Crippen LogP contribution is 2.37. The number of fused-ring (bicyclic) bond motifs is 2. The number of aromatic nitrogens is 1. The van der Waals surface area contributed by atoms with Crippen LogP contribution in [0.2, 0.25) is 0 Å². The number of pyridine rings is 1. The van der Waals surface area contributed by atoms with Gasteiger partial charge in [0.15, 0.2) is 0 Å². The molecule has 3 atom stereocenters. The van der Waals surface area contributed by atoms with E-state index in [1.165, 1.54) is 19.4 Å². The van der Waals surface area contributed by atoms with Crippen molar-refractivity contribution in [2.24, 2.45) is 0 Å². The Morgan fingerprint density at radius 3 is 2.88 bits per heavy atom. The van der Waals surface area contributed by atoms with E-state index in [9.17, 15) is 14.3 Å². The molecule has 1 aromatic carbocycles. The molecule has 9 heteroatoms. The summed E-state index contributed by atoms with van der Waals surface area (Å²) in [5.41, 5.74) is 4.30. The first-order valence-electron chi connectivity index (χ1n) is 15.0. The van der Waals surface area contributed by atoms with Crippen LogP contribution in [-0.2, 0) is 40.1 Å². The molecule has 0 spiro atoms. The number of carboxylic acid groups (broad SMARTS) is 1. The van der Waals surface area contributed by atoms with Crippen molar-refractivity contribution < 1.29 is 28.5 Å². The smallest absolute Gasteiger partial charge is 0.325 e. The highest BCUT2D eigenvalue weighted by molar-refractivity contribution is 5.76. The lowest BCUT2D eigenvalue weighted by Gasteiger charge is -2.35. The molecule has 2 N–H and O–H groups in total. The van der Waals surface area contributed by atoms with E-state index in [2.05, 4.69) is 11.4 Å². The quantitative estimate of drug-likeness (QED) is 0.358. The molecule has 5 rings (SSSR count). The van der Waals surface area contributed by atoms with Gasteiger partial charge in [0.25, 0.3) is 0 Å². The molecule has 3 aliphatic heterocycles. The van der Waals surface area contributed by atoms with E-state index in [1.54, 1.807) is 7.11 Å². The van der Waals surface area contributed by atoms with Crippen LogP contribution in [0.3, 0.4) is 0 Å². The molecule has 41 heavy (non-hydrogen) atoms. The van der Waals surface area contributed by atoms with E-state index in [1.807, 2.05) is 24.0 Å². The van der Waals surface area contributed by atoms with Gasteiger partial charge in [0.2, 0.25) is 0 Å². The molecular formula is C32H44FN3O5. The number of ether oxygens (including phenoxy) is 3. The summed E-state index contributed by atoms with van der Waals surface area (Å²) >= 11 is 0. The van der Waals surface area contributed by atoms with Gasteiger partial charge in [0.05, 0.1) is 25.9 Å². The largest absolute Gasteiger partial charge is 0.496 e. The normalized spacial score (nSPS) is 21.6. The molecule has 3 aliphatic rings. The Labute approximate surface area is 242 Å². The van der Waals surface area contributed by atoms with Gasteiger partial charge < -0.3 is 24.6 Å². The number of hydrogen-bond acceptors (Lipinski definition) is 7. The van der Waals surface area contributed by atoms with Gasteiger partial charge in [0, 0.05) is 50.0 Å². The molecule has 0 bridgehead atoms. The Morgan fingerprint density at radius 2 is 2.12 bits per heavy atom. The predicted octanol–water partition coefficient (Wildman–Crippen LogP) is 5.19. The zero-order chi connectivity index (χ0) is 29.1. The number of methoxy groups -OCH3 is 1. The molecule has 8 nitrogen and oxygen atoms in total. The van der Waals surface area contributed by atoms with Crippen molar-refractivity contribution in [3.8, 4) is 5.75 Å². The number of nitrogens with one attached hydrogen (secondary N) is 1. The summed E-state index contributed by atoms with van der Waals surface area (Å²) in [6, 6.07) is 5.25. The Balaban J connectivity index is 1.17. The zero-order valence-electron chi connectivity index (χ0n) is 24.8. The monoisotopic (exact) mass is 569 g/mol. The lowest BCUT2D eigenvalue weighted by atomic mass is 9.85. The van der Waals surface area contributed by atoms with Gasteiger partial charge in [-0.2, -0.15) is 0 Å². The van der Waals surface area contributed by atoms with Crippen LogP contribution in [-0.4, -0.2) is 72.2 Å². The van der Waals surface area contributed by atoms with Gasteiger partial charge in [-0.05, 0) is 76.0 Å². The fourth-order valence-electron chi connectivity index (χ4n) is 6.46. The molecule has 224 valence electrons. The maximum absolute atomic E-state index is 14.8. The summed E-state index contributed by atoms with van der Waals surface area (Å²) < 4.78 is 32.4. The maximum Gasteiger partial charge on any atom is 0.325 e. The third-order valence-electron chi connectivity index (χ3n) is 8.62. The van der Waals surface area contributed by atoms with Crippen LogP contribution >= 0.6 is 0 Å². The standard InChI is InChI=1S/C32H44FN3O5/c1-20-14-21-19-41-28(32(2,3)33)17-25(21)26(15-20)29(31(37)38)36-12-10-23(18-36)40-13-6-5-8-22-16-27(39-4)24-9-7-11-34-30(24)35-22/h14-16,23,28-29H,5-13,17-19H2,1-4H3,(H,34,35)(H,37,38)/t23-,28?,29+/m1/s1. The van der Waals surface area contributed by atoms with Crippen LogP contribution in [0, 0.1) is 6.92 Å². The summed E-state index contributed by atoms with van der Waals surface area (Å²) in [5.74, 6) is 0.981. The highest BCUT2D eigenvalue weighted by Gasteiger charge is 2.39. The summed E-state index contributed by atoms with van der Waals surface area (Å²) in [6.45, 7) is 8.07. The number of nitrogens with zero attached hydrogens (tertiary/aromatic N) is 2. The van der Waals surface area contributed by atoms with E-state index in [4.69, 9.17) is 19.2 Å². The number of unbranched alkanes of at least 4 members (excludes halogenated alkanes) is 1. The number of carboxylic acids is 1. The van der Waals surface area contributed by atoms with Gasteiger partial charge in [0.1, 0.15) is 23.3 Å². The van der Waals surface area contributed by atoms with Crippen molar-refractivity contribution in [3.63, 3.8) is 0 Å².